The van der Waals surface area contributed by atoms with E-state index in [0.717, 1.165) is 18.9 Å². The first-order chi connectivity index (χ1) is 17.1. The second-order valence-corrected chi connectivity index (χ2v) is 13.9. The van der Waals surface area contributed by atoms with Gasteiger partial charge in [-0.3, -0.25) is 0 Å². The summed E-state index contributed by atoms with van der Waals surface area (Å²) in [7, 11) is -1.52. The molecule has 5 heteroatoms. The van der Waals surface area contributed by atoms with Crippen LogP contribution in [0.3, 0.4) is 0 Å². The van der Waals surface area contributed by atoms with Crippen molar-refractivity contribution in [3.05, 3.63) is 110 Å². The largest absolute Gasteiger partial charge is 4.00 e. The Bertz CT molecular complexity index is 1310. The molecule has 0 atom stereocenters. The van der Waals surface area contributed by atoms with Crippen molar-refractivity contribution in [3.63, 3.8) is 0 Å². The van der Waals surface area contributed by atoms with Crippen molar-refractivity contribution in [2.45, 2.75) is 81.2 Å². The molecular formula is C35H43Cl3SiTi. The van der Waals surface area contributed by atoms with Crippen molar-refractivity contribution in [1.82, 2.24) is 0 Å². The minimum atomic E-state index is -1.52. The van der Waals surface area contributed by atoms with E-state index in [1.807, 2.05) is 0 Å². The summed E-state index contributed by atoms with van der Waals surface area (Å²) in [5, 5.41) is 3.13. The second kappa shape index (κ2) is 16.4. The molecule has 0 saturated heterocycles. The van der Waals surface area contributed by atoms with Gasteiger partial charge in [-0.25, -0.2) is 0 Å². The molecule has 0 heterocycles. The Morgan fingerprint density at radius 3 is 1.32 bits per heavy atom. The van der Waals surface area contributed by atoms with E-state index in [1.165, 1.54) is 61.2 Å². The van der Waals surface area contributed by atoms with E-state index < -0.39 is 8.80 Å². The van der Waals surface area contributed by atoms with Gasteiger partial charge in [0.25, 0.3) is 0 Å². The Morgan fingerprint density at radius 1 is 0.550 bits per heavy atom. The van der Waals surface area contributed by atoms with Crippen molar-refractivity contribution in [3.8, 4) is 11.1 Å². The standard InChI is InChI=1S/C35H43Si.3ClH.Ti/c1-10-29-18-30(11-2)20-31(19-29)35-28(9)26(7)27(8)34(35)21-36(32-14-22(3)12-23(4)15-32)33-16-24(5)13-25(6)17-33;;;;/h12-20,36H,10-11,21H2,1-9H3;3*1H;/q-1;;;;+4/p-3. The van der Waals surface area contributed by atoms with Crippen LogP contribution < -0.4 is 47.6 Å². The molecule has 0 N–H and O–H groups in total. The molecule has 0 bridgehead atoms. The van der Waals surface area contributed by atoms with Crippen LogP contribution in [0.25, 0.3) is 11.1 Å². The van der Waals surface area contributed by atoms with Gasteiger partial charge in [0, 0.05) is 0 Å². The van der Waals surface area contributed by atoms with Gasteiger partial charge in [0.2, 0.25) is 0 Å². The molecule has 0 aliphatic carbocycles. The fraction of sp³-hybridized carbons (Fsp3) is 0.343. The Hall–Kier alpha value is -1.19. The smallest absolute Gasteiger partial charge is 1.00 e. The van der Waals surface area contributed by atoms with Crippen molar-refractivity contribution < 1.29 is 58.9 Å². The molecule has 40 heavy (non-hydrogen) atoms. The van der Waals surface area contributed by atoms with Crippen LogP contribution in [0.1, 0.15) is 69.5 Å². The van der Waals surface area contributed by atoms with Gasteiger partial charge < -0.3 is 37.2 Å². The van der Waals surface area contributed by atoms with E-state index in [1.54, 1.807) is 15.9 Å². The first-order valence-corrected chi connectivity index (χ1v) is 15.6. The third kappa shape index (κ3) is 8.43. The molecule has 0 fully saturated rings. The summed E-state index contributed by atoms with van der Waals surface area (Å²) >= 11 is 0. The molecule has 0 nitrogen and oxygen atoms in total. The Balaban J connectivity index is 0.00000380. The van der Waals surface area contributed by atoms with Crippen LogP contribution >= 0.6 is 0 Å². The van der Waals surface area contributed by atoms with Crippen molar-refractivity contribution in [1.29, 1.82) is 0 Å². The summed E-state index contributed by atoms with van der Waals surface area (Å²) in [6.45, 7) is 20.6. The van der Waals surface area contributed by atoms with Crippen molar-refractivity contribution in [2.24, 2.45) is 0 Å². The van der Waals surface area contributed by atoms with Crippen LogP contribution in [-0.4, -0.2) is 8.80 Å². The van der Waals surface area contributed by atoms with E-state index in [9.17, 15) is 0 Å². The van der Waals surface area contributed by atoms with Crippen LogP contribution in [0.5, 0.6) is 0 Å². The van der Waals surface area contributed by atoms with Crippen LogP contribution in [0.4, 0.5) is 0 Å². The molecule has 4 aromatic carbocycles. The van der Waals surface area contributed by atoms with E-state index in [-0.39, 0.29) is 58.9 Å². The molecule has 0 unspecified atom stereocenters. The minimum Gasteiger partial charge on any atom is -1.00 e. The monoisotopic (exact) mass is 644 g/mol. The molecule has 4 rings (SSSR count). The SMILES string of the molecule is CCc1cc(CC)cc(-c2c(C)c(C)c(C)[c-]2C[SiH](c2cc(C)cc(C)c2)c2cc(C)cc(C)c2)c1.[Cl-].[Cl-].[Cl-].[Ti+4]. The molecule has 0 aliphatic rings. The van der Waals surface area contributed by atoms with Crippen LogP contribution in [0, 0.1) is 48.5 Å². The molecule has 0 radical (unpaired) electrons. The van der Waals surface area contributed by atoms with E-state index in [4.69, 9.17) is 0 Å². The zero-order valence-corrected chi connectivity index (χ0v) is 30.5. The first-order valence-electron chi connectivity index (χ1n) is 13.7. The maximum atomic E-state index is 2.46. The summed E-state index contributed by atoms with van der Waals surface area (Å²) in [6.07, 6.45) is 2.16. The van der Waals surface area contributed by atoms with Crippen molar-refractivity contribution >= 4 is 19.2 Å². The summed E-state index contributed by atoms with van der Waals surface area (Å²) in [6, 6.07) is 22.9. The van der Waals surface area contributed by atoms with Crippen LogP contribution in [0.15, 0.2) is 54.6 Å². The third-order valence-electron chi connectivity index (χ3n) is 8.11. The number of halogens is 3. The fourth-order valence-electron chi connectivity index (χ4n) is 6.12. The zero-order chi connectivity index (χ0) is 26.1. The number of aryl methyl sites for hydroxylation is 6. The molecule has 0 saturated carbocycles. The van der Waals surface area contributed by atoms with Gasteiger partial charge in [0.05, 0.1) is 8.80 Å². The van der Waals surface area contributed by atoms with Gasteiger partial charge >= 0.3 is 21.7 Å². The number of rotatable bonds is 7. The van der Waals surface area contributed by atoms with Gasteiger partial charge in [-0.2, -0.15) is 11.1 Å². The van der Waals surface area contributed by atoms with Crippen LogP contribution in [-0.2, 0) is 40.6 Å². The van der Waals surface area contributed by atoms with Gasteiger partial charge in [-0.05, 0) is 40.5 Å². The van der Waals surface area contributed by atoms with Crippen molar-refractivity contribution in [2.75, 3.05) is 0 Å². The topological polar surface area (TPSA) is 0 Å². The van der Waals surface area contributed by atoms with Gasteiger partial charge in [-0.15, -0.1) is 16.7 Å². The van der Waals surface area contributed by atoms with Crippen LogP contribution in [0.2, 0.25) is 0 Å². The summed E-state index contributed by atoms with van der Waals surface area (Å²) in [4.78, 5) is 0. The average molecular weight is 646 g/mol. The second-order valence-electron chi connectivity index (χ2n) is 11.1. The predicted octanol–water partition coefficient (Wildman–Crippen LogP) is -1.51. The molecular weight excluding hydrogens is 603 g/mol. The quantitative estimate of drug-likeness (QED) is 0.170. The van der Waals surface area contributed by atoms with E-state index in [2.05, 4.69) is 117 Å². The summed E-state index contributed by atoms with van der Waals surface area (Å²) in [5.74, 6) is 0. The zero-order valence-electron chi connectivity index (χ0n) is 25.5. The normalized spacial score (nSPS) is 10.3. The first kappa shape index (κ1) is 38.8. The number of benzene rings is 3. The molecule has 0 spiro atoms. The Morgan fingerprint density at radius 2 is 0.950 bits per heavy atom. The minimum absolute atomic E-state index is 0. The molecule has 0 amide bonds. The predicted molar refractivity (Wildman–Crippen MR) is 162 cm³/mol. The maximum Gasteiger partial charge on any atom is 4.00 e. The maximum absolute atomic E-state index is 2.46. The number of hydrogen-bond donors (Lipinski definition) is 0. The van der Waals surface area contributed by atoms with E-state index >= 15 is 0 Å². The van der Waals surface area contributed by atoms with Gasteiger partial charge in [0.1, 0.15) is 0 Å². The summed E-state index contributed by atoms with van der Waals surface area (Å²) < 4.78 is 0. The summed E-state index contributed by atoms with van der Waals surface area (Å²) in [5.41, 5.74) is 17.3. The van der Waals surface area contributed by atoms with Gasteiger partial charge in [0.15, 0.2) is 0 Å². The molecule has 0 aromatic heterocycles. The Kier molecular flexibility index (Phi) is 16.0. The fourth-order valence-corrected chi connectivity index (χ4v) is 9.76. The molecule has 0 aliphatic heterocycles. The molecule has 212 valence electrons. The third-order valence-corrected chi connectivity index (χ3v) is 11.2. The number of hydrogen-bond acceptors (Lipinski definition) is 0. The van der Waals surface area contributed by atoms with E-state index in [0.29, 0.717) is 0 Å². The average Bonchev–Trinajstić information content (AvgIpc) is 3.04. The van der Waals surface area contributed by atoms with Gasteiger partial charge in [-0.1, -0.05) is 145 Å². The Labute approximate surface area is 278 Å². The molecule has 4 aromatic rings.